The lowest BCUT2D eigenvalue weighted by atomic mass is 10.3. The lowest BCUT2D eigenvalue weighted by molar-refractivity contribution is -0.114. The van der Waals surface area contributed by atoms with Gasteiger partial charge in [0.2, 0.25) is 15.9 Å². The zero-order valence-electron chi connectivity index (χ0n) is 10.8. The Kier molecular flexibility index (Phi) is 5.78. The van der Waals surface area contributed by atoms with Gasteiger partial charge >= 0.3 is 0 Å². The van der Waals surface area contributed by atoms with E-state index in [0.717, 1.165) is 0 Å². The van der Waals surface area contributed by atoms with Crippen LogP contribution >= 0.6 is 11.6 Å². The number of anilines is 1. The highest BCUT2D eigenvalue weighted by molar-refractivity contribution is 7.89. The first-order chi connectivity index (χ1) is 8.85. The van der Waals surface area contributed by atoms with E-state index in [1.54, 1.807) is 0 Å². The predicted octanol–water partition coefficient (Wildman–Crippen LogP) is 1.94. The molecule has 0 fully saturated rings. The monoisotopic (exact) mass is 304 g/mol. The Morgan fingerprint density at radius 2 is 1.89 bits per heavy atom. The fourth-order valence-corrected chi connectivity index (χ4v) is 2.60. The van der Waals surface area contributed by atoms with Crippen molar-refractivity contribution in [3.63, 3.8) is 0 Å². The fraction of sp³-hybridized carbons (Fsp3) is 0.417. The van der Waals surface area contributed by atoms with Crippen molar-refractivity contribution >= 4 is 33.2 Å². The Morgan fingerprint density at radius 1 is 1.32 bits per heavy atom. The average Bonchev–Trinajstić information content (AvgIpc) is 2.36. The molecule has 0 saturated carbocycles. The molecule has 1 atom stereocenters. The first kappa shape index (κ1) is 15.9. The molecule has 7 heteroatoms. The van der Waals surface area contributed by atoms with Crippen LogP contribution in [0.4, 0.5) is 5.69 Å². The van der Waals surface area contributed by atoms with E-state index in [2.05, 4.69) is 10.0 Å². The van der Waals surface area contributed by atoms with Crippen molar-refractivity contribution in [2.75, 3.05) is 11.9 Å². The predicted molar refractivity (Wildman–Crippen MR) is 75.9 cm³/mol. The molecule has 0 aliphatic carbocycles. The van der Waals surface area contributed by atoms with Gasteiger partial charge in [0.1, 0.15) is 0 Å². The van der Waals surface area contributed by atoms with Crippen LogP contribution < -0.4 is 10.0 Å². The van der Waals surface area contributed by atoms with Crippen LogP contribution in [0.5, 0.6) is 0 Å². The number of amides is 1. The van der Waals surface area contributed by atoms with Gasteiger partial charge in [0, 0.05) is 24.5 Å². The highest BCUT2D eigenvalue weighted by Crippen LogP contribution is 2.14. The van der Waals surface area contributed by atoms with E-state index in [1.807, 2.05) is 6.92 Å². The smallest absolute Gasteiger partial charge is 0.240 e. The van der Waals surface area contributed by atoms with Crippen LogP contribution in [0, 0.1) is 0 Å². The number of hydrogen-bond donors (Lipinski definition) is 2. The summed E-state index contributed by atoms with van der Waals surface area (Å²) in [5.41, 5.74) is 0.551. The van der Waals surface area contributed by atoms with E-state index in [-0.39, 0.29) is 22.7 Å². The minimum Gasteiger partial charge on any atom is -0.326 e. The van der Waals surface area contributed by atoms with E-state index >= 15 is 0 Å². The minimum absolute atomic E-state index is 0.140. The van der Waals surface area contributed by atoms with E-state index in [1.165, 1.54) is 31.2 Å². The maximum Gasteiger partial charge on any atom is 0.240 e. The van der Waals surface area contributed by atoms with Crippen molar-refractivity contribution in [2.24, 2.45) is 0 Å². The lowest BCUT2D eigenvalue weighted by Crippen LogP contribution is -2.29. The molecule has 0 spiro atoms. The van der Waals surface area contributed by atoms with Crippen LogP contribution in [0.15, 0.2) is 29.2 Å². The minimum atomic E-state index is -3.56. The zero-order chi connectivity index (χ0) is 14.5. The molecule has 2 N–H and O–H groups in total. The van der Waals surface area contributed by atoms with Crippen molar-refractivity contribution in [2.45, 2.75) is 30.5 Å². The van der Waals surface area contributed by atoms with Gasteiger partial charge in [-0.05, 0) is 30.7 Å². The van der Waals surface area contributed by atoms with Gasteiger partial charge in [0.15, 0.2) is 0 Å². The van der Waals surface area contributed by atoms with Crippen molar-refractivity contribution in [1.82, 2.24) is 4.72 Å². The molecule has 0 aliphatic rings. The maximum absolute atomic E-state index is 11.9. The second kappa shape index (κ2) is 6.88. The summed E-state index contributed by atoms with van der Waals surface area (Å²) in [5, 5.41) is 2.34. The highest BCUT2D eigenvalue weighted by atomic mass is 35.5. The summed E-state index contributed by atoms with van der Waals surface area (Å²) in [5.74, 6) is -0.207. The highest BCUT2D eigenvalue weighted by Gasteiger charge is 2.15. The largest absolute Gasteiger partial charge is 0.326 e. The third kappa shape index (κ3) is 5.18. The van der Waals surface area contributed by atoms with E-state index in [4.69, 9.17) is 11.6 Å². The summed E-state index contributed by atoms with van der Waals surface area (Å²) >= 11 is 5.87. The first-order valence-corrected chi connectivity index (χ1v) is 7.78. The van der Waals surface area contributed by atoms with Crippen LogP contribution in [0.2, 0.25) is 0 Å². The Balaban J connectivity index is 2.76. The van der Waals surface area contributed by atoms with Crippen LogP contribution in [-0.4, -0.2) is 26.2 Å². The molecule has 1 unspecified atom stereocenters. The molecule has 1 rings (SSSR count). The molecule has 5 nitrogen and oxygen atoms in total. The number of hydrogen-bond acceptors (Lipinski definition) is 3. The number of nitrogens with one attached hydrogen (secondary N) is 2. The Hall–Kier alpha value is -1.11. The van der Waals surface area contributed by atoms with Crippen molar-refractivity contribution in [3.05, 3.63) is 24.3 Å². The summed E-state index contributed by atoms with van der Waals surface area (Å²) in [7, 11) is -3.56. The Labute approximate surface area is 118 Å². The van der Waals surface area contributed by atoms with Crippen LogP contribution in [0.1, 0.15) is 20.3 Å². The van der Waals surface area contributed by atoms with Crippen molar-refractivity contribution < 1.29 is 13.2 Å². The number of alkyl halides is 1. The van der Waals surface area contributed by atoms with Gasteiger partial charge in [-0.3, -0.25) is 4.79 Å². The Bertz CT molecular complexity index is 528. The molecule has 0 saturated heterocycles. The quantitative estimate of drug-likeness (QED) is 0.789. The van der Waals surface area contributed by atoms with Gasteiger partial charge in [-0.15, -0.1) is 11.6 Å². The molecule has 0 aliphatic heterocycles. The van der Waals surface area contributed by atoms with Crippen LogP contribution in [0.3, 0.4) is 0 Å². The Morgan fingerprint density at radius 3 is 2.37 bits per heavy atom. The van der Waals surface area contributed by atoms with Crippen LogP contribution in [0.25, 0.3) is 0 Å². The molecule has 106 valence electrons. The number of sulfonamides is 1. The summed E-state index contributed by atoms with van der Waals surface area (Å²) in [6.07, 6.45) is 0.686. The third-order valence-corrected chi connectivity index (χ3v) is 4.33. The number of carbonyl (C=O) groups is 1. The molecule has 1 aromatic carbocycles. The van der Waals surface area contributed by atoms with E-state index < -0.39 is 10.0 Å². The molecule has 0 heterocycles. The average molecular weight is 305 g/mol. The van der Waals surface area contributed by atoms with Gasteiger partial charge < -0.3 is 5.32 Å². The van der Waals surface area contributed by atoms with Crippen molar-refractivity contribution in [1.29, 1.82) is 0 Å². The summed E-state index contributed by atoms with van der Waals surface area (Å²) in [4.78, 5) is 11.0. The zero-order valence-corrected chi connectivity index (χ0v) is 12.4. The standard InChI is InChI=1S/C12H17ClN2O3S/c1-3-10(13)8-14-19(17,18)12-6-4-11(5-7-12)15-9(2)16/h4-7,10,14H,3,8H2,1-2H3,(H,15,16). The molecule has 19 heavy (non-hydrogen) atoms. The molecule has 0 radical (unpaired) electrons. The van der Waals surface area contributed by atoms with Gasteiger partial charge in [-0.2, -0.15) is 0 Å². The second-order valence-electron chi connectivity index (χ2n) is 4.06. The molecule has 1 amide bonds. The third-order valence-electron chi connectivity index (χ3n) is 2.42. The maximum atomic E-state index is 11.9. The van der Waals surface area contributed by atoms with E-state index in [0.29, 0.717) is 12.1 Å². The molecule has 1 aromatic rings. The fourth-order valence-electron chi connectivity index (χ4n) is 1.35. The molecule has 0 bridgehead atoms. The SMILES string of the molecule is CCC(Cl)CNS(=O)(=O)c1ccc(NC(C)=O)cc1. The normalized spacial score (nSPS) is 13.0. The van der Waals surface area contributed by atoms with Crippen molar-refractivity contribution in [3.8, 4) is 0 Å². The summed E-state index contributed by atoms with van der Waals surface area (Å²) in [6, 6.07) is 5.94. The van der Waals surface area contributed by atoms with Gasteiger partial charge in [0.05, 0.1) is 4.90 Å². The van der Waals surface area contributed by atoms with Crippen LogP contribution in [-0.2, 0) is 14.8 Å². The van der Waals surface area contributed by atoms with Gasteiger partial charge in [-0.25, -0.2) is 13.1 Å². The first-order valence-electron chi connectivity index (χ1n) is 5.86. The molecular formula is C12H17ClN2O3S. The number of benzene rings is 1. The molecular weight excluding hydrogens is 288 g/mol. The summed E-state index contributed by atoms with van der Waals surface area (Å²) < 4.78 is 26.3. The topological polar surface area (TPSA) is 75.3 Å². The van der Waals surface area contributed by atoms with Gasteiger partial charge in [0.25, 0.3) is 0 Å². The second-order valence-corrected chi connectivity index (χ2v) is 6.45. The molecule has 0 aromatic heterocycles. The number of carbonyl (C=O) groups excluding carboxylic acids is 1. The van der Waals surface area contributed by atoms with E-state index in [9.17, 15) is 13.2 Å². The lowest BCUT2D eigenvalue weighted by Gasteiger charge is -2.10. The number of rotatable bonds is 6. The summed E-state index contributed by atoms with van der Waals surface area (Å²) in [6.45, 7) is 3.46. The van der Waals surface area contributed by atoms with Gasteiger partial charge in [-0.1, -0.05) is 6.92 Å². The number of halogens is 1.